The summed E-state index contributed by atoms with van der Waals surface area (Å²) in [5, 5.41) is 6.44. The fourth-order valence-corrected chi connectivity index (χ4v) is 2.20. The third kappa shape index (κ3) is 2.71. The lowest BCUT2D eigenvalue weighted by Gasteiger charge is -2.28. The Balaban J connectivity index is 1.64. The molecule has 0 aromatic rings. The maximum absolute atomic E-state index is 11.6. The molecule has 0 radical (unpaired) electrons. The Bertz CT molecular complexity index is 195. The molecule has 0 bridgehead atoms. The summed E-state index contributed by atoms with van der Waals surface area (Å²) in [7, 11) is 0. The number of amides is 1. The standard InChI is InChI=1S/C11H20N2O/c14-11(13-10-4-1-5-10)7-9-3-2-6-12-8-9/h9-10,12H,1-8H2,(H,13,14). The molecule has 2 N–H and O–H groups in total. The molecule has 1 aliphatic carbocycles. The molecule has 0 aromatic heterocycles. The van der Waals surface area contributed by atoms with Crippen LogP contribution < -0.4 is 10.6 Å². The van der Waals surface area contributed by atoms with Crippen LogP contribution in [0, 0.1) is 5.92 Å². The predicted molar refractivity (Wildman–Crippen MR) is 56.0 cm³/mol. The molecule has 1 saturated carbocycles. The Morgan fingerprint density at radius 3 is 2.71 bits per heavy atom. The summed E-state index contributed by atoms with van der Waals surface area (Å²) in [6, 6.07) is 0.499. The number of rotatable bonds is 3. The molecule has 0 aromatic carbocycles. The van der Waals surface area contributed by atoms with Crippen molar-refractivity contribution in [2.24, 2.45) is 5.92 Å². The lowest BCUT2D eigenvalue weighted by molar-refractivity contribution is -0.123. The highest BCUT2D eigenvalue weighted by atomic mass is 16.1. The van der Waals surface area contributed by atoms with E-state index in [1.54, 1.807) is 0 Å². The molecule has 1 amide bonds. The molecule has 2 rings (SSSR count). The largest absolute Gasteiger partial charge is 0.353 e. The fraction of sp³-hybridized carbons (Fsp3) is 0.909. The average molecular weight is 196 g/mol. The van der Waals surface area contributed by atoms with Crippen LogP contribution in [0.4, 0.5) is 0 Å². The van der Waals surface area contributed by atoms with E-state index in [1.807, 2.05) is 0 Å². The van der Waals surface area contributed by atoms with Crippen molar-refractivity contribution in [3.05, 3.63) is 0 Å². The SMILES string of the molecule is O=C(CC1CCCNC1)NC1CCC1. The second kappa shape index (κ2) is 4.78. The van der Waals surface area contributed by atoms with Crippen molar-refractivity contribution in [3.63, 3.8) is 0 Å². The van der Waals surface area contributed by atoms with Crippen molar-refractivity contribution in [2.45, 2.75) is 44.6 Å². The number of nitrogens with one attached hydrogen (secondary N) is 2. The van der Waals surface area contributed by atoms with Gasteiger partial charge in [0.2, 0.25) is 5.91 Å². The Morgan fingerprint density at radius 1 is 1.29 bits per heavy atom. The summed E-state index contributed by atoms with van der Waals surface area (Å²) < 4.78 is 0. The molecule has 1 aliphatic heterocycles. The zero-order chi connectivity index (χ0) is 9.80. The molecule has 1 saturated heterocycles. The summed E-state index contributed by atoms with van der Waals surface area (Å²) in [6.45, 7) is 2.15. The molecule has 3 heteroatoms. The van der Waals surface area contributed by atoms with Crippen molar-refractivity contribution in [2.75, 3.05) is 13.1 Å². The normalized spacial score (nSPS) is 28.1. The first-order valence-electron chi connectivity index (χ1n) is 5.84. The van der Waals surface area contributed by atoms with Crippen LogP contribution >= 0.6 is 0 Å². The van der Waals surface area contributed by atoms with Gasteiger partial charge in [-0.2, -0.15) is 0 Å². The number of piperidine rings is 1. The van der Waals surface area contributed by atoms with Gasteiger partial charge in [-0.1, -0.05) is 0 Å². The number of hydrogen-bond donors (Lipinski definition) is 2. The van der Waals surface area contributed by atoms with Gasteiger partial charge in [-0.15, -0.1) is 0 Å². The summed E-state index contributed by atoms with van der Waals surface area (Å²) >= 11 is 0. The topological polar surface area (TPSA) is 41.1 Å². The second-order valence-corrected chi connectivity index (χ2v) is 4.61. The van der Waals surface area contributed by atoms with Crippen molar-refractivity contribution in [3.8, 4) is 0 Å². The quantitative estimate of drug-likeness (QED) is 0.708. The Labute approximate surface area is 85.6 Å². The van der Waals surface area contributed by atoms with E-state index in [9.17, 15) is 4.79 Å². The van der Waals surface area contributed by atoms with Gasteiger partial charge in [-0.25, -0.2) is 0 Å². The van der Waals surface area contributed by atoms with Crippen molar-refractivity contribution >= 4 is 5.91 Å². The number of carbonyl (C=O) groups is 1. The summed E-state index contributed by atoms with van der Waals surface area (Å²) in [4.78, 5) is 11.6. The van der Waals surface area contributed by atoms with E-state index in [2.05, 4.69) is 10.6 Å². The molecule has 14 heavy (non-hydrogen) atoms. The van der Waals surface area contributed by atoms with E-state index in [4.69, 9.17) is 0 Å². The second-order valence-electron chi connectivity index (χ2n) is 4.61. The van der Waals surface area contributed by atoms with Crippen LogP contribution in [0.2, 0.25) is 0 Å². The minimum Gasteiger partial charge on any atom is -0.353 e. The first kappa shape index (κ1) is 9.97. The van der Waals surface area contributed by atoms with Crippen LogP contribution in [0.1, 0.15) is 38.5 Å². The van der Waals surface area contributed by atoms with Crippen molar-refractivity contribution in [1.29, 1.82) is 0 Å². The highest BCUT2D eigenvalue weighted by Crippen LogP contribution is 2.19. The van der Waals surface area contributed by atoms with Gasteiger partial charge in [0.25, 0.3) is 0 Å². The first-order valence-corrected chi connectivity index (χ1v) is 5.84. The van der Waals surface area contributed by atoms with Crippen LogP contribution in [-0.2, 0) is 4.79 Å². The van der Waals surface area contributed by atoms with Crippen LogP contribution in [0.15, 0.2) is 0 Å². The van der Waals surface area contributed by atoms with E-state index in [1.165, 1.54) is 32.1 Å². The monoisotopic (exact) mass is 196 g/mol. The lowest BCUT2D eigenvalue weighted by atomic mass is 9.91. The highest BCUT2D eigenvalue weighted by molar-refractivity contribution is 5.76. The zero-order valence-corrected chi connectivity index (χ0v) is 8.72. The van der Waals surface area contributed by atoms with Gasteiger partial charge in [-0.3, -0.25) is 4.79 Å². The molecule has 3 nitrogen and oxygen atoms in total. The number of hydrogen-bond acceptors (Lipinski definition) is 2. The van der Waals surface area contributed by atoms with Crippen LogP contribution in [0.5, 0.6) is 0 Å². The molecule has 1 atom stereocenters. The molecular formula is C11H20N2O. The van der Waals surface area contributed by atoms with Crippen LogP contribution in [-0.4, -0.2) is 25.0 Å². The maximum Gasteiger partial charge on any atom is 0.220 e. The van der Waals surface area contributed by atoms with Gasteiger partial charge in [0.05, 0.1) is 0 Å². The predicted octanol–water partition coefficient (Wildman–Crippen LogP) is 1.04. The Kier molecular flexibility index (Phi) is 3.40. The van der Waals surface area contributed by atoms with Crippen LogP contribution in [0.25, 0.3) is 0 Å². The van der Waals surface area contributed by atoms with Gasteiger partial charge in [0.1, 0.15) is 0 Å². The summed E-state index contributed by atoms with van der Waals surface area (Å²) in [5.41, 5.74) is 0. The zero-order valence-electron chi connectivity index (χ0n) is 8.72. The highest BCUT2D eigenvalue weighted by Gasteiger charge is 2.22. The smallest absolute Gasteiger partial charge is 0.220 e. The van der Waals surface area contributed by atoms with E-state index < -0.39 is 0 Å². The molecule has 80 valence electrons. The van der Waals surface area contributed by atoms with Crippen LogP contribution in [0.3, 0.4) is 0 Å². The van der Waals surface area contributed by atoms with E-state index in [0.717, 1.165) is 19.5 Å². The van der Waals surface area contributed by atoms with Gasteiger partial charge in [0, 0.05) is 12.5 Å². The fourth-order valence-electron chi connectivity index (χ4n) is 2.20. The minimum atomic E-state index is 0.267. The van der Waals surface area contributed by atoms with Gasteiger partial charge < -0.3 is 10.6 Å². The molecule has 1 heterocycles. The van der Waals surface area contributed by atoms with E-state index >= 15 is 0 Å². The van der Waals surface area contributed by atoms with Gasteiger partial charge in [0.15, 0.2) is 0 Å². The summed E-state index contributed by atoms with van der Waals surface area (Å²) in [6.07, 6.45) is 6.83. The molecule has 0 spiro atoms. The average Bonchev–Trinajstić information content (AvgIpc) is 2.13. The van der Waals surface area contributed by atoms with E-state index in [-0.39, 0.29) is 5.91 Å². The third-order valence-corrected chi connectivity index (χ3v) is 3.34. The first-order chi connectivity index (χ1) is 6.84. The molecule has 2 aliphatic rings. The van der Waals surface area contributed by atoms with Crippen molar-refractivity contribution < 1.29 is 4.79 Å². The van der Waals surface area contributed by atoms with Gasteiger partial charge >= 0.3 is 0 Å². The summed E-state index contributed by atoms with van der Waals surface area (Å²) in [5.74, 6) is 0.840. The minimum absolute atomic E-state index is 0.267. The third-order valence-electron chi connectivity index (χ3n) is 3.34. The molecular weight excluding hydrogens is 176 g/mol. The Hall–Kier alpha value is -0.570. The van der Waals surface area contributed by atoms with Gasteiger partial charge in [-0.05, 0) is 51.1 Å². The molecule has 1 unspecified atom stereocenters. The van der Waals surface area contributed by atoms with E-state index in [0.29, 0.717) is 12.0 Å². The maximum atomic E-state index is 11.6. The Morgan fingerprint density at radius 2 is 2.14 bits per heavy atom. The van der Waals surface area contributed by atoms with Crippen molar-refractivity contribution in [1.82, 2.24) is 10.6 Å². The number of carbonyl (C=O) groups excluding carboxylic acids is 1. The lowest BCUT2D eigenvalue weighted by Crippen LogP contribution is -2.41. The molecule has 2 fully saturated rings.